The van der Waals surface area contributed by atoms with Crippen molar-refractivity contribution in [2.75, 3.05) is 24.3 Å². The fraction of sp³-hybridized carbons (Fsp3) is 0.375. The number of anilines is 1. The van der Waals surface area contributed by atoms with Crippen molar-refractivity contribution in [1.29, 1.82) is 0 Å². The first-order valence-corrected chi connectivity index (χ1v) is 9.06. The minimum atomic E-state index is 0.143. The van der Waals surface area contributed by atoms with E-state index in [0.717, 1.165) is 40.9 Å². The number of benzene rings is 1. The molecule has 0 radical (unpaired) electrons. The summed E-state index contributed by atoms with van der Waals surface area (Å²) in [5, 5.41) is 2.01. The molecule has 0 spiro atoms. The molecule has 1 aliphatic heterocycles. The molecular formula is C16H18N2O2S2. The molecule has 4 nitrogen and oxygen atoms in total. The van der Waals surface area contributed by atoms with E-state index >= 15 is 0 Å². The van der Waals surface area contributed by atoms with E-state index in [-0.39, 0.29) is 5.91 Å². The van der Waals surface area contributed by atoms with Crippen LogP contribution in [0, 0.1) is 6.92 Å². The van der Waals surface area contributed by atoms with Crippen LogP contribution in [0.4, 0.5) is 5.69 Å². The Morgan fingerprint density at radius 3 is 3.09 bits per heavy atom. The highest BCUT2D eigenvalue weighted by molar-refractivity contribution is 8.01. The predicted octanol–water partition coefficient (Wildman–Crippen LogP) is 3.53. The lowest BCUT2D eigenvalue weighted by Crippen LogP contribution is -2.36. The third kappa shape index (κ3) is 3.28. The molecule has 1 amide bonds. The maximum atomic E-state index is 12.5. The lowest BCUT2D eigenvalue weighted by Gasteiger charge is -2.29. The Balaban J connectivity index is 1.71. The molecule has 1 aliphatic rings. The Labute approximate surface area is 138 Å². The number of rotatable bonds is 4. The average molecular weight is 334 g/mol. The summed E-state index contributed by atoms with van der Waals surface area (Å²) in [4.78, 5) is 18.8. The van der Waals surface area contributed by atoms with Crippen LogP contribution in [0.5, 0.6) is 5.75 Å². The Bertz CT molecular complexity index is 685. The van der Waals surface area contributed by atoms with Crippen LogP contribution < -0.4 is 9.64 Å². The van der Waals surface area contributed by atoms with Gasteiger partial charge in [0, 0.05) is 23.3 Å². The molecule has 0 saturated heterocycles. The van der Waals surface area contributed by atoms with Gasteiger partial charge in [0.1, 0.15) is 5.75 Å². The first-order chi connectivity index (χ1) is 10.7. The summed E-state index contributed by atoms with van der Waals surface area (Å²) in [6, 6.07) is 5.94. The molecule has 0 aliphatic carbocycles. The van der Waals surface area contributed by atoms with Gasteiger partial charge < -0.3 is 9.64 Å². The van der Waals surface area contributed by atoms with Crippen molar-refractivity contribution in [2.45, 2.75) is 24.1 Å². The van der Waals surface area contributed by atoms with E-state index in [0.29, 0.717) is 5.75 Å². The van der Waals surface area contributed by atoms with Gasteiger partial charge in [-0.1, -0.05) is 11.8 Å². The Morgan fingerprint density at radius 1 is 1.50 bits per heavy atom. The molecule has 2 aromatic rings. The van der Waals surface area contributed by atoms with Gasteiger partial charge in [-0.3, -0.25) is 4.79 Å². The van der Waals surface area contributed by atoms with Crippen molar-refractivity contribution in [2.24, 2.45) is 0 Å². The fourth-order valence-corrected chi connectivity index (χ4v) is 4.28. The first-order valence-electron chi connectivity index (χ1n) is 7.19. The molecule has 0 bridgehead atoms. The maximum absolute atomic E-state index is 12.5. The van der Waals surface area contributed by atoms with Crippen molar-refractivity contribution in [3.8, 4) is 5.75 Å². The number of hydrogen-bond donors (Lipinski definition) is 0. The van der Waals surface area contributed by atoms with Crippen molar-refractivity contribution in [1.82, 2.24) is 4.98 Å². The highest BCUT2D eigenvalue weighted by Gasteiger charge is 2.23. The molecule has 1 aromatic heterocycles. The summed E-state index contributed by atoms with van der Waals surface area (Å²) < 4.78 is 6.23. The Kier molecular flexibility index (Phi) is 4.69. The van der Waals surface area contributed by atoms with E-state index in [2.05, 4.69) is 4.98 Å². The standard InChI is InChI=1S/C16H18N2O2S2/c1-11-9-21-16(17-11)22-10-15(19)18-7-3-4-12-8-13(20-2)5-6-14(12)18/h5-6,8-9H,3-4,7,10H2,1-2H3. The zero-order valence-corrected chi connectivity index (χ0v) is 14.3. The molecule has 0 saturated carbocycles. The second-order valence-corrected chi connectivity index (χ2v) is 7.27. The highest BCUT2D eigenvalue weighted by atomic mass is 32.2. The lowest BCUT2D eigenvalue weighted by molar-refractivity contribution is -0.116. The molecule has 1 aromatic carbocycles. The minimum absolute atomic E-state index is 0.143. The molecule has 6 heteroatoms. The summed E-state index contributed by atoms with van der Waals surface area (Å²) in [5.74, 6) is 1.42. The molecule has 0 unspecified atom stereocenters. The SMILES string of the molecule is COc1ccc2c(c1)CCCN2C(=O)CSc1nc(C)cs1. The smallest absolute Gasteiger partial charge is 0.237 e. The van der Waals surface area contributed by atoms with Crippen LogP contribution in [0.3, 0.4) is 0 Å². The number of carbonyl (C=O) groups excluding carboxylic acids is 1. The van der Waals surface area contributed by atoms with Gasteiger partial charge in [0.05, 0.1) is 12.9 Å². The van der Waals surface area contributed by atoms with Gasteiger partial charge in [0.2, 0.25) is 5.91 Å². The number of aromatic nitrogens is 1. The zero-order chi connectivity index (χ0) is 15.5. The van der Waals surface area contributed by atoms with Crippen LogP contribution >= 0.6 is 23.1 Å². The quantitative estimate of drug-likeness (QED) is 0.802. The molecule has 0 N–H and O–H groups in total. The molecular weight excluding hydrogens is 316 g/mol. The van der Waals surface area contributed by atoms with Crippen LogP contribution in [0.2, 0.25) is 0 Å². The average Bonchev–Trinajstić information content (AvgIpc) is 2.97. The summed E-state index contributed by atoms with van der Waals surface area (Å²) >= 11 is 3.11. The zero-order valence-electron chi connectivity index (χ0n) is 12.7. The number of nitrogens with zero attached hydrogens (tertiary/aromatic N) is 2. The summed E-state index contributed by atoms with van der Waals surface area (Å²) in [6.07, 6.45) is 1.99. The summed E-state index contributed by atoms with van der Waals surface area (Å²) in [6.45, 7) is 2.76. The van der Waals surface area contributed by atoms with Gasteiger partial charge in [-0.05, 0) is 43.5 Å². The molecule has 22 heavy (non-hydrogen) atoms. The third-order valence-electron chi connectivity index (χ3n) is 3.62. The van der Waals surface area contributed by atoms with Gasteiger partial charge in [-0.25, -0.2) is 4.98 Å². The molecule has 0 atom stereocenters. The maximum Gasteiger partial charge on any atom is 0.237 e. The number of fused-ring (bicyclic) bond motifs is 1. The van der Waals surface area contributed by atoms with E-state index in [9.17, 15) is 4.79 Å². The number of aryl methyl sites for hydroxylation is 2. The van der Waals surface area contributed by atoms with Crippen molar-refractivity contribution in [3.05, 3.63) is 34.8 Å². The normalized spacial score (nSPS) is 13.8. The van der Waals surface area contributed by atoms with Crippen molar-refractivity contribution >= 4 is 34.7 Å². The molecule has 2 heterocycles. The van der Waals surface area contributed by atoms with Gasteiger partial charge in [-0.2, -0.15) is 0 Å². The van der Waals surface area contributed by atoms with Crippen molar-refractivity contribution in [3.63, 3.8) is 0 Å². The Morgan fingerprint density at radius 2 is 2.36 bits per heavy atom. The second-order valence-electron chi connectivity index (χ2n) is 5.19. The van der Waals surface area contributed by atoms with Crippen molar-refractivity contribution < 1.29 is 9.53 Å². The third-order valence-corrected chi connectivity index (χ3v) is 5.75. The van der Waals surface area contributed by atoms with Crippen LogP contribution in [0.15, 0.2) is 27.9 Å². The molecule has 3 rings (SSSR count). The lowest BCUT2D eigenvalue weighted by atomic mass is 10.0. The molecule has 116 valence electrons. The van der Waals surface area contributed by atoms with E-state index < -0.39 is 0 Å². The number of amides is 1. The minimum Gasteiger partial charge on any atom is -0.497 e. The number of hydrogen-bond acceptors (Lipinski definition) is 5. The predicted molar refractivity (Wildman–Crippen MR) is 91.2 cm³/mol. The molecule has 0 fully saturated rings. The second kappa shape index (κ2) is 6.71. The monoisotopic (exact) mass is 334 g/mol. The largest absolute Gasteiger partial charge is 0.497 e. The summed E-state index contributed by atoms with van der Waals surface area (Å²) in [7, 11) is 1.67. The van der Waals surface area contributed by atoms with Crippen LogP contribution in [-0.4, -0.2) is 30.3 Å². The van der Waals surface area contributed by atoms with Crippen LogP contribution in [0.1, 0.15) is 17.7 Å². The number of thiazole rings is 1. The summed E-state index contributed by atoms with van der Waals surface area (Å²) in [5.41, 5.74) is 3.22. The van der Waals surface area contributed by atoms with E-state index in [1.807, 2.05) is 35.4 Å². The number of ether oxygens (including phenoxy) is 1. The van der Waals surface area contributed by atoms with Gasteiger partial charge >= 0.3 is 0 Å². The topological polar surface area (TPSA) is 42.4 Å². The number of thioether (sulfide) groups is 1. The highest BCUT2D eigenvalue weighted by Crippen LogP contribution is 2.31. The van der Waals surface area contributed by atoms with E-state index in [1.54, 1.807) is 18.4 Å². The van der Waals surface area contributed by atoms with Gasteiger partial charge in [-0.15, -0.1) is 11.3 Å². The first kappa shape index (κ1) is 15.4. The number of methoxy groups -OCH3 is 1. The fourth-order valence-electron chi connectivity index (χ4n) is 2.56. The van der Waals surface area contributed by atoms with Crippen LogP contribution in [0.25, 0.3) is 0 Å². The van der Waals surface area contributed by atoms with Crippen LogP contribution in [-0.2, 0) is 11.2 Å². The van der Waals surface area contributed by atoms with Gasteiger partial charge in [0.15, 0.2) is 4.34 Å². The van der Waals surface area contributed by atoms with Gasteiger partial charge in [0.25, 0.3) is 0 Å². The number of carbonyl (C=O) groups is 1. The van der Waals surface area contributed by atoms with E-state index in [4.69, 9.17) is 4.74 Å². The Hall–Kier alpha value is -1.53. The van der Waals surface area contributed by atoms with E-state index in [1.165, 1.54) is 17.3 Å².